The molecule has 34 heavy (non-hydrogen) atoms. The maximum Gasteiger partial charge on any atom is 0.328 e. The molecule has 0 bridgehead atoms. The molecule has 8 heteroatoms. The Labute approximate surface area is 201 Å². The molecule has 2 aliphatic rings. The Kier molecular flexibility index (Phi) is 8.36. The van der Waals surface area contributed by atoms with Gasteiger partial charge in [0.05, 0.1) is 19.7 Å². The number of rotatable bonds is 9. The number of amides is 1. The van der Waals surface area contributed by atoms with E-state index in [1.165, 1.54) is 12.8 Å². The van der Waals surface area contributed by atoms with Gasteiger partial charge >= 0.3 is 5.97 Å². The number of methoxy groups -OCH3 is 1. The van der Waals surface area contributed by atoms with E-state index in [-0.39, 0.29) is 11.9 Å². The maximum absolute atomic E-state index is 12.7. The second-order valence-electron chi connectivity index (χ2n) is 8.86. The van der Waals surface area contributed by atoms with Crippen molar-refractivity contribution in [2.24, 2.45) is 0 Å². The minimum absolute atomic E-state index is 0.0138. The third-order valence-electron chi connectivity index (χ3n) is 6.64. The summed E-state index contributed by atoms with van der Waals surface area (Å²) in [5.74, 6) is 0.466. The molecule has 0 saturated carbocycles. The second kappa shape index (κ2) is 11.8. The fourth-order valence-corrected chi connectivity index (χ4v) is 4.75. The van der Waals surface area contributed by atoms with Gasteiger partial charge in [-0.3, -0.25) is 9.78 Å². The minimum Gasteiger partial charge on any atom is -0.491 e. The first-order valence-electron chi connectivity index (χ1n) is 12.1. The number of piperidine rings is 1. The molecule has 1 aromatic carbocycles. The van der Waals surface area contributed by atoms with E-state index in [1.807, 2.05) is 24.3 Å². The highest BCUT2D eigenvalue weighted by Crippen LogP contribution is 2.23. The molecule has 2 fully saturated rings. The van der Waals surface area contributed by atoms with Gasteiger partial charge in [-0.05, 0) is 55.5 Å². The number of benzene rings is 1. The third-order valence-corrected chi connectivity index (χ3v) is 6.64. The van der Waals surface area contributed by atoms with Crippen molar-refractivity contribution in [1.29, 1.82) is 0 Å². The molecular weight excluding hydrogens is 432 g/mol. The van der Waals surface area contributed by atoms with Crippen LogP contribution in [0, 0.1) is 0 Å². The Bertz CT molecular complexity index is 930. The summed E-state index contributed by atoms with van der Waals surface area (Å²) >= 11 is 0. The van der Waals surface area contributed by atoms with E-state index in [1.54, 1.807) is 17.3 Å². The highest BCUT2D eigenvalue weighted by atomic mass is 16.5. The van der Waals surface area contributed by atoms with E-state index < -0.39 is 6.04 Å². The number of nitrogens with one attached hydrogen (secondary N) is 1. The minimum atomic E-state index is -0.436. The fourth-order valence-electron chi connectivity index (χ4n) is 4.75. The standard InChI is InChI=1S/C26H34N4O4/c1-33-26(32)24-5-3-14-30(24)25(31)18-20-6-8-22(9-7-20)29-15-10-21(11-16-29)28-13-17-34-23-4-2-12-27-19-23/h2,4,6-9,12,19,21,24,28H,3,5,10-11,13-18H2,1H3/t24-/m0/s1. The zero-order valence-electron chi connectivity index (χ0n) is 19.8. The number of esters is 1. The number of nitrogens with zero attached hydrogens (tertiary/aromatic N) is 3. The van der Waals surface area contributed by atoms with Crippen LogP contribution in [-0.2, 0) is 20.7 Å². The van der Waals surface area contributed by atoms with Crippen LogP contribution in [0.15, 0.2) is 48.8 Å². The molecule has 2 aliphatic heterocycles. The first-order chi connectivity index (χ1) is 16.6. The van der Waals surface area contributed by atoms with Gasteiger partial charge in [0.25, 0.3) is 0 Å². The summed E-state index contributed by atoms with van der Waals surface area (Å²) in [6, 6.07) is 12.1. The predicted octanol–water partition coefficient (Wildman–Crippen LogP) is 2.43. The lowest BCUT2D eigenvalue weighted by Gasteiger charge is -2.34. The van der Waals surface area contributed by atoms with Crippen LogP contribution in [0.1, 0.15) is 31.2 Å². The van der Waals surface area contributed by atoms with Crippen molar-refractivity contribution in [1.82, 2.24) is 15.2 Å². The average molecular weight is 467 g/mol. The lowest BCUT2D eigenvalue weighted by molar-refractivity contribution is -0.150. The number of carbonyl (C=O) groups excluding carboxylic acids is 2. The van der Waals surface area contributed by atoms with Gasteiger partial charge in [0.2, 0.25) is 5.91 Å². The Morgan fingerprint density at radius 1 is 1.09 bits per heavy atom. The lowest BCUT2D eigenvalue weighted by Crippen LogP contribution is -2.43. The van der Waals surface area contributed by atoms with Crippen LogP contribution in [0.25, 0.3) is 0 Å². The SMILES string of the molecule is COC(=O)[C@@H]1CCCN1C(=O)Cc1ccc(N2CCC(NCCOc3cccnc3)CC2)cc1. The molecule has 0 spiro atoms. The largest absolute Gasteiger partial charge is 0.491 e. The molecule has 0 radical (unpaired) electrons. The number of hydrogen-bond donors (Lipinski definition) is 1. The Balaban J connectivity index is 1.19. The van der Waals surface area contributed by atoms with E-state index >= 15 is 0 Å². The van der Waals surface area contributed by atoms with Crippen molar-refractivity contribution >= 4 is 17.6 Å². The molecule has 0 aliphatic carbocycles. The molecule has 1 N–H and O–H groups in total. The summed E-state index contributed by atoms with van der Waals surface area (Å²) in [5, 5.41) is 3.59. The summed E-state index contributed by atoms with van der Waals surface area (Å²) in [5.41, 5.74) is 2.15. The quantitative estimate of drug-likeness (QED) is 0.449. The van der Waals surface area contributed by atoms with E-state index in [2.05, 4.69) is 27.3 Å². The molecule has 2 aromatic rings. The van der Waals surface area contributed by atoms with Gasteiger partial charge in [-0.1, -0.05) is 12.1 Å². The van der Waals surface area contributed by atoms with Crippen LogP contribution in [0.2, 0.25) is 0 Å². The van der Waals surface area contributed by atoms with E-state index in [4.69, 9.17) is 9.47 Å². The van der Waals surface area contributed by atoms with E-state index in [0.717, 1.165) is 50.2 Å². The van der Waals surface area contributed by atoms with Crippen molar-refractivity contribution in [2.75, 3.05) is 44.8 Å². The number of likely N-dealkylation sites (tertiary alicyclic amines) is 1. The molecule has 1 aromatic heterocycles. The Morgan fingerprint density at radius 2 is 1.88 bits per heavy atom. The maximum atomic E-state index is 12.7. The lowest BCUT2D eigenvalue weighted by atomic mass is 10.0. The summed E-state index contributed by atoms with van der Waals surface area (Å²) in [6.07, 6.45) is 7.45. The Morgan fingerprint density at radius 3 is 2.59 bits per heavy atom. The highest BCUT2D eigenvalue weighted by molar-refractivity contribution is 5.86. The molecular formula is C26H34N4O4. The van der Waals surface area contributed by atoms with Crippen molar-refractivity contribution in [3.63, 3.8) is 0 Å². The molecule has 1 atom stereocenters. The van der Waals surface area contributed by atoms with Crippen molar-refractivity contribution < 1.29 is 19.1 Å². The van der Waals surface area contributed by atoms with Gasteiger partial charge in [0, 0.05) is 44.1 Å². The number of carbonyl (C=O) groups is 2. The molecule has 2 saturated heterocycles. The topological polar surface area (TPSA) is 84.0 Å². The normalized spacial score (nSPS) is 18.7. The van der Waals surface area contributed by atoms with Gasteiger partial charge in [-0.25, -0.2) is 4.79 Å². The van der Waals surface area contributed by atoms with Crippen molar-refractivity contribution in [3.05, 3.63) is 54.4 Å². The van der Waals surface area contributed by atoms with Gasteiger partial charge in [-0.15, -0.1) is 0 Å². The summed E-state index contributed by atoms with van der Waals surface area (Å²) < 4.78 is 10.5. The van der Waals surface area contributed by atoms with Gasteiger partial charge < -0.3 is 24.6 Å². The van der Waals surface area contributed by atoms with Crippen LogP contribution in [-0.4, -0.2) is 73.7 Å². The van der Waals surface area contributed by atoms with E-state index in [0.29, 0.717) is 32.0 Å². The number of hydrogen-bond acceptors (Lipinski definition) is 7. The van der Waals surface area contributed by atoms with Gasteiger partial charge in [-0.2, -0.15) is 0 Å². The molecule has 3 heterocycles. The average Bonchev–Trinajstić information content (AvgIpc) is 3.38. The van der Waals surface area contributed by atoms with Crippen LogP contribution >= 0.6 is 0 Å². The number of anilines is 1. The van der Waals surface area contributed by atoms with Gasteiger partial charge in [0.1, 0.15) is 18.4 Å². The molecule has 0 unspecified atom stereocenters. The van der Waals surface area contributed by atoms with E-state index in [9.17, 15) is 9.59 Å². The molecule has 182 valence electrons. The number of ether oxygens (including phenoxy) is 2. The predicted molar refractivity (Wildman–Crippen MR) is 130 cm³/mol. The van der Waals surface area contributed by atoms with Crippen LogP contribution < -0.4 is 15.0 Å². The third kappa shape index (κ3) is 6.26. The van der Waals surface area contributed by atoms with Crippen LogP contribution in [0.4, 0.5) is 5.69 Å². The first kappa shape index (κ1) is 24.0. The molecule has 8 nitrogen and oxygen atoms in total. The van der Waals surface area contributed by atoms with Crippen LogP contribution in [0.5, 0.6) is 5.75 Å². The second-order valence-corrected chi connectivity index (χ2v) is 8.86. The van der Waals surface area contributed by atoms with Crippen LogP contribution in [0.3, 0.4) is 0 Å². The smallest absolute Gasteiger partial charge is 0.328 e. The number of pyridine rings is 1. The zero-order chi connectivity index (χ0) is 23.8. The molecule has 1 amide bonds. The Hall–Kier alpha value is -3.13. The van der Waals surface area contributed by atoms with Crippen molar-refractivity contribution in [2.45, 2.75) is 44.2 Å². The summed E-state index contributed by atoms with van der Waals surface area (Å²) in [6.45, 7) is 4.05. The van der Waals surface area contributed by atoms with Crippen molar-refractivity contribution in [3.8, 4) is 5.75 Å². The number of aromatic nitrogens is 1. The molecule has 4 rings (SSSR count). The monoisotopic (exact) mass is 466 g/mol. The summed E-state index contributed by atoms with van der Waals surface area (Å²) in [4.78, 5) is 32.8. The zero-order valence-corrected chi connectivity index (χ0v) is 19.8. The first-order valence-corrected chi connectivity index (χ1v) is 12.1. The van der Waals surface area contributed by atoms with Gasteiger partial charge in [0.15, 0.2) is 0 Å². The highest BCUT2D eigenvalue weighted by Gasteiger charge is 2.34. The fraction of sp³-hybridized carbons (Fsp3) is 0.500. The summed E-state index contributed by atoms with van der Waals surface area (Å²) in [7, 11) is 1.37.